The molecule has 0 bridgehead atoms. The van der Waals surface area contributed by atoms with Gasteiger partial charge in [0.25, 0.3) is 0 Å². The van der Waals surface area contributed by atoms with Gasteiger partial charge in [-0.1, -0.05) is 12.8 Å². The summed E-state index contributed by atoms with van der Waals surface area (Å²) in [5, 5.41) is 9.00. The number of rotatable bonds is 3. The average molecular weight is 263 g/mol. The zero-order valence-corrected chi connectivity index (χ0v) is 11.4. The van der Waals surface area contributed by atoms with E-state index >= 15 is 0 Å². The summed E-state index contributed by atoms with van der Waals surface area (Å²) in [6.07, 6.45) is 6.76. The summed E-state index contributed by atoms with van der Waals surface area (Å²) < 4.78 is 5.45. The monoisotopic (exact) mass is 263 g/mol. The van der Waals surface area contributed by atoms with Gasteiger partial charge in [-0.25, -0.2) is 4.79 Å². The molecule has 19 heavy (non-hydrogen) atoms. The van der Waals surface area contributed by atoms with E-state index in [1.807, 2.05) is 6.07 Å². The highest BCUT2D eigenvalue weighted by Gasteiger charge is 2.40. The van der Waals surface area contributed by atoms with Gasteiger partial charge < -0.3 is 9.52 Å². The number of nitrogens with zero attached hydrogens (tertiary/aromatic N) is 1. The minimum Gasteiger partial charge on any atom is -0.475 e. The van der Waals surface area contributed by atoms with Crippen LogP contribution < -0.4 is 0 Å². The van der Waals surface area contributed by atoms with Crippen molar-refractivity contribution in [2.75, 3.05) is 13.1 Å². The maximum absolute atomic E-state index is 11.0. The van der Waals surface area contributed by atoms with Crippen molar-refractivity contribution >= 4 is 5.97 Å². The Labute approximate surface area is 113 Å². The summed E-state index contributed by atoms with van der Waals surface area (Å²) in [6.45, 7) is 4.80. The standard InChI is InChI=1S/C15H21NO3/c1-11-8-12(19-13(11)14(17)18)9-16-7-6-15(10-16)4-2-3-5-15/h8H,2-7,9-10H2,1H3,(H,17,18). The van der Waals surface area contributed by atoms with Gasteiger partial charge in [0.05, 0.1) is 6.54 Å². The second-order valence-electron chi connectivity index (χ2n) is 6.20. The minimum absolute atomic E-state index is 0.0878. The zero-order valence-electron chi connectivity index (χ0n) is 11.4. The van der Waals surface area contributed by atoms with E-state index in [4.69, 9.17) is 9.52 Å². The van der Waals surface area contributed by atoms with Crippen LogP contribution >= 0.6 is 0 Å². The second-order valence-corrected chi connectivity index (χ2v) is 6.20. The summed E-state index contributed by atoms with van der Waals surface area (Å²) in [4.78, 5) is 13.4. The van der Waals surface area contributed by atoms with Crippen molar-refractivity contribution in [2.45, 2.75) is 45.6 Å². The SMILES string of the molecule is Cc1cc(CN2CCC3(CCCC3)C2)oc1C(=O)O. The fourth-order valence-electron chi connectivity index (χ4n) is 3.75. The predicted molar refractivity (Wildman–Crippen MR) is 71.2 cm³/mol. The zero-order chi connectivity index (χ0) is 13.5. The molecule has 1 N–H and O–H groups in total. The summed E-state index contributed by atoms with van der Waals surface area (Å²) in [5.41, 5.74) is 1.27. The molecule has 1 aromatic heterocycles. The predicted octanol–water partition coefficient (Wildman–Crippen LogP) is 3.05. The molecule has 1 aliphatic heterocycles. The van der Waals surface area contributed by atoms with Crippen LogP contribution in [-0.4, -0.2) is 29.1 Å². The molecule has 3 rings (SSSR count). The van der Waals surface area contributed by atoms with Gasteiger partial charge in [-0.2, -0.15) is 0 Å². The summed E-state index contributed by atoms with van der Waals surface area (Å²) in [5.74, 6) is -0.104. The van der Waals surface area contributed by atoms with Crippen LogP contribution in [0.3, 0.4) is 0 Å². The summed E-state index contributed by atoms with van der Waals surface area (Å²) in [7, 11) is 0. The van der Waals surface area contributed by atoms with Crippen LogP contribution in [0.1, 0.15) is 54.0 Å². The lowest BCUT2D eigenvalue weighted by molar-refractivity contribution is 0.0657. The van der Waals surface area contributed by atoms with Gasteiger partial charge in [-0.3, -0.25) is 4.90 Å². The van der Waals surface area contributed by atoms with Gasteiger partial charge in [0.15, 0.2) is 0 Å². The number of aryl methyl sites for hydroxylation is 1. The minimum atomic E-state index is -0.975. The van der Waals surface area contributed by atoms with Crippen LogP contribution in [0, 0.1) is 12.3 Å². The van der Waals surface area contributed by atoms with Gasteiger partial charge in [-0.05, 0) is 44.2 Å². The van der Waals surface area contributed by atoms with Gasteiger partial charge in [-0.15, -0.1) is 0 Å². The normalized spacial score (nSPS) is 22.4. The quantitative estimate of drug-likeness (QED) is 0.910. The molecule has 2 heterocycles. The van der Waals surface area contributed by atoms with E-state index in [1.54, 1.807) is 6.92 Å². The van der Waals surface area contributed by atoms with Gasteiger partial charge in [0, 0.05) is 12.1 Å². The fourth-order valence-corrected chi connectivity index (χ4v) is 3.75. The first kappa shape index (κ1) is 12.7. The largest absolute Gasteiger partial charge is 0.475 e. The maximum Gasteiger partial charge on any atom is 0.372 e. The van der Waals surface area contributed by atoms with Gasteiger partial charge in [0.1, 0.15) is 5.76 Å². The molecule has 1 aromatic rings. The van der Waals surface area contributed by atoms with Crippen molar-refractivity contribution in [1.29, 1.82) is 0 Å². The van der Waals surface area contributed by atoms with E-state index in [0.29, 0.717) is 5.41 Å². The van der Waals surface area contributed by atoms with Gasteiger partial charge in [0.2, 0.25) is 5.76 Å². The third-order valence-electron chi connectivity index (χ3n) is 4.72. The Bertz CT molecular complexity index is 486. The van der Waals surface area contributed by atoms with Crippen LogP contribution in [0.2, 0.25) is 0 Å². The average Bonchev–Trinajstić information content (AvgIpc) is 3.04. The van der Waals surface area contributed by atoms with Crippen molar-refractivity contribution in [2.24, 2.45) is 5.41 Å². The van der Waals surface area contributed by atoms with Crippen molar-refractivity contribution < 1.29 is 14.3 Å². The molecule has 4 nitrogen and oxygen atoms in total. The Kier molecular flexibility index (Phi) is 3.13. The van der Waals surface area contributed by atoms with Gasteiger partial charge >= 0.3 is 5.97 Å². The Balaban J connectivity index is 1.66. The number of carbonyl (C=O) groups is 1. The van der Waals surface area contributed by atoms with Crippen molar-refractivity contribution in [3.63, 3.8) is 0 Å². The first-order valence-electron chi connectivity index (χ1n) is 7.13. The molecular formula is C15H21NO3. The molecule has 0 aromatic carbocycles. The van der Waals surface area contributed by atoms with Crippen LogP contribution in [0.15, 0.2) is 10.5 Å². The lowest BCUT2D eigenvalue weighted by atomic mass is 9.86. The second kappa shape index (κ2) is 4.67. The molecule has 0 atom stereocenters. The first-order chi connectivity index (χ1) is 9.08. The topological polar surface area (TPSA) is 53.7 Å². The van der Waals surface area contributed by atoms with E-state index in [2.05, 4.69) is 4.90 Å². The van der Waals surface area contributed by atoms with E-state index in [9.17, 15) is 4.79 Å². The summed E-state index contributed by atoms with van der Waals surface area (Å²) in [6, 6.07) is 1.86. The molecular weight excluding hydrogens is 242 g/mol. The Morgan fingerprint density at radius 2 is 2.16 bits per heavy atom. The number of carboxylic acids is 1. The Morgan fingerprint density at radius 3 is 2.79 bits per heavy atom. The molecule has 1 spiro atoms. The Morgan fingerprint density at radius 1 is 1.42 bits per heavy atom. The third-order valence-corrected chi connectivity index (χ3v) is 4.72. The van der Waals surface area contributed by atoms with E-state index in [-0.39, 0.29) is 5.76 Å². The Hall–Kier alpha value is -1.29. The highest BCUT2D eigenvalue weighted by atomic mass is 16.4. The molecule has 0 unspecified atom stereocenters. The van der Waals surface area contributed by atoms with E-state index < -0.39 is 5.97 Å². The van der Waals surface area contributed by atoms with Crippen LogP contribution in [0.25, 0.3) is 0 Å². The molecule has 104 valence electrons. The molecule has 4 heteroatoms. The fraction of sp³-hybridized carbons (Fsp3) is 0.667. The lowest BCUT2D eigenvalue weighted by Gasteiger charge is -2.23. The number of likely N-dealkylation sites (tertiary alicyclic amines) is 1. The first-order valence-corrected chi connectivity index (χ1v) is 7.13. The molecule has 2 aliphatic rings. The van der Waals surface area contributed by atoms with Crippen LogP contribution in [0.5, 0.6) is 0 Å². The maximum atomic E-state index is 11.0. The molecule has 1 aliphatic carbocycles. The van der Waals surface area contributed by atoms with E-state index in [0.717, 1.165) is 31.0 Å². The highest BCUT2D eigenvalue weighted by Crippen LogP contribution is 2.45. The molecule has 0 amide bonds. The molecule has 2 fully saturated rings. The third kappa shape index (κ3) is 2.41. The number of furan rings is 1. The lowest BCUT2D eigenvalue weighted by Crippen LogP contribution is -2.24. The number of hydrogen-bond acceptors (Lipinski definition) is 3. The van der Waals surface area contributed by atoms with Crippen LogP contribution in [-0.2, 0) is 6.54 Å². The molecule has 1 saturated carbocycles. The highest BCUT2D eigenvalue weighted by molar-refractivity contribution is 5.86. The smallest absolute Gasteiger partial charge is 0.372 e. The van der Waals surface area contributed by atoms with E-state index in [1.165, 1.54) is 32.1 Å². The van der Waals surface area contributed by atoms with Crippen molar-refractivity contribution in [3.8, 4) is 0 Å². The van der Waals surface area contributed by atoms with Crippen LogP contribution in [0.4, 0.5) is 0 Å². The summed E-state index contributed by atoms with van der Waals surface area (Å²) >= 11 is 0. The number of carboxylic acid groups (broad SMARTS) is 1. The van der Waals surface area contributed by atoms with Crippen molar-refractivity contribution in [1.82, 2.24) is 4.90 Å². The molecule has 0 radical (unpaired) electrons. The number of hydrogen-bond donors (Lipinski definition) is 1. The number of aromatic carboxylic acids is 1. The van der Waals surface area contributed by atoms with Crippen molar-refractivity contribution in [3.05, 3.63) is 23.2 Å². The molecule has 1 saturated heterocycles.